The minimum atomic E-state index is -4.95. The molecule has 0 aliphatic heterocycles. The molecule has 0 unspecified atom stereocenters. The monoisotopic (exact) mass is 482 g/mol. The average Bonchev–Trinajstić information content (AvgIpc) is 3.09. The number of imidazole rings is 1. The second kappa shape index (κ2) is 7.89. The lowest BCUT2D eigenvalue weighted by Gasteiger charge is -2.16. The Morgan fingerprint density at radius 2 is 1.67 bits per heavy atom. The highest BCUT2D eigenvalue weighted by Crippen LogP contribution is 2.37. The summed E-state index contributed by atoms with van der Waals surface area (Å²) in [6.45, 7) is 0.686. The summed E-state index contributed by atoms with van der Waals surface area (Å²) in [6, 6.07) is 9.35. The molecule has 0 fully saturated rings. The molecule has 0 atom stereocenters. The van der Waals surface area contributed by atoms with E-state index in [0.29, 0.717) is 33.5 Å². The summed E-state index contributed by atoms with van der Waals surface area (Å²) in [6.07, 6.45) is -3.80. The number of aromatic nitrogens is 3. The van der Waals surface area contributed by atoms with Crippen molar-refractivity contribution in [3.05, 3.63) is 77.4 Å². The minimum absolute atomic E-state index is 0.0182. The number of benzene rings is 2. The summed E-state index contributed by atoms with van der Waals surface area (Å²) in [4.78, 5) is 6.93. The molecule has 172 valence electrons. The SMILES string of the molecule is Cc1ncc2nc(C(F)(F)F)n(Cc3c(F)cc(S(N)(=O)=O)cc3F)c2c1-c1ccccc1. The Kier molecular flexibility index (Phi) is 5.45. The molecule has 33 heavy (non-hydrogen) atoms. The van der Waals surface area contributed by atoms with Crippen LogP contribution in [-0.4, -0.2) is 23.0 Å². The summed E-state index contributed by atoms with van der Waals surface area (Å²) >= 11 is 0. The standard InChI is InChI=1S/C21H15F5N4O2S/c1-11-18(12-5-3-2-4-6-12)19-17(9-28-11)29-20(21(24,25)26)30(19)10-14-15(22)7-13(8-16(14)23)33(27,31)32/h2-9H,10H2,1H3,(H2,27,31,32). The van der Waals surface area contributed by atoms with Gasteiger partial charge in [0.2, 0.25) is 15.8 Å². The van der Waals surface area contributed by atoms with Gasteiger partial charge in [-0.15, -0.1) is 0 Å². The summed E-state index contributed by atoms with van der Waals surface area (Å²) in [7, 11) is -4.43. The number of rotatable bonds is 4. The maximum Gasteiger partial charge on any atom is 0.449 e. The Morgan fingerprint density at radius 1 is 1.06 bits per heavy atom. The van der Waals surface area contributed by atoms with Crippen LogP contribution in [0.2, 0.25) is 0 Å². The highest BCUT2D eigenvalue weighted by Gasteiger charge is 2.39. The van der Waals surface area contributed by atoms with Crippen LogP contribution in [-0.2, 0) is 22.7 Å². The zero-order valence-electron chi connectivity index (χ0n) is 16.9. The Morgan fingerprint density at radius 3 is 2.21 bits per heavy atom. The van der Waals surface area contributed by atoms with Crippen LogP contribution in [0.15, 0.2) is 53.6 Å². The normalized spacial score (nSPS) is 12.5. The van der Waals surface area contributed by atoms with Gasteiger partial charge < -0.3 is 4.57 Å². The third-order valence-corrected chi connectivity index (χ3v) is 5.94. The van der Waals surface area contributed by atoms with Crippen molar-refractivity contribution in [2.24, 2.45) is 5.14 Å². The number of primary sulfonamides is 1. The number of halogens is 5. The molecule has 0 amide bonds. The fourth-order valence-electron chi connectivity index (χ4n) is 3.59. The molecule has 2 heterocycles. The van der Waals surface area contributed by atoms with E-state index in [9.17, 15) is 30.4 Å². The van der Waals surface area contributed by atoms with Crippen molar-refractivity contribution in [1.82, 2.24) is 14.5 Å². The third kappa shape index (κ3) is 4.18. The lowest BCUT2D eigenvalue weighted by atomic mass is 10.0. The van der Waals surface area contributed by atoms with E-state index in [1.165, 1.54) is 0 Å². The molecule has 0 saturated carbocycles. The molecule has 2 aromatic heterocycles. The lowest BCUT2D eigenvalue weighted by molar-refractivity contribution is -0.146. The van der Waals surface area contributed by atoms with Crippen LogP contribution in [0.5, 0.6) is 0 Å². The van der Waals surface area contributed by atoms with Gasteiger partial charge in [0, 0.05) is 16.8 Å². The van der Waals surface area contributed by atoms with E-state index in [1.807, 2.05) is 0 Å². The Labute approximate surface area is 184 Å². The van der Waals surface area contributed by atoms with Crippen LogP contribution >= 0.6 is 0 Å². The predicted molar refractivity (Wildman–Crippen MR) is 110 cm³/mol. The second-order valence-corrected chi connectivity index (χ2v) is 8.81. The van der Waals surface area contributed by atoms with Gasteiger partial charge in [-0.05, 0) is 24.6 Å². The number of hydrogen-bond acceptors (Lipinski definition) is 4. The smallest absolute Gasteiger partial charge is 0.315 e. The molecule has 0 aliphatic rings. The Bertz CT molecular complexity index is 1460. The number of pyridine rings is 1. The van der Waals surface area contributed by atoms with Gasteiger partial charge in [-0.2, -0.15) is 13.2 Å². The zero-order chi connectivity index (χ0) is 24.1. The van der Waals surface area contributed by atoms with E-state index in [-0.39, 0.29) is 11.0 Å². The number of aryl methyl sites for hydroxylation is 1. The second-order valence-electron chi connectivity index (χ2n) is 7.25. The first kappa shape index (κ1) is 22.8. The predicted octanol–water partition coefficient (Wildman–Crippen LogP) is 4.40. The molecule has 4 rings (SSSR count). The van der Waals surface area contributed by atoms with Crippen molar-refractivity contribution in [2.45, 2.75) is 24.5 Å². The largest absolute Gasteiger partial charge is 0.449 e. The molecule has 0 saturated heterocycles. The first-order valence-corrected chi connectivity index (χ1v) is 10.9. The van der Waals surface area contributed by atoms with Crippen LogP contribution in [0.25, 0.3) is 22.2 Å². The summed E-state index contributed by atoms with van der Waals surface area (Å²) in [5, 5.41) is 4.91. The number of nitrogens with two attached hydrogens (primary N) is 1. The molecule has 0 radical (unpaired) electrons. The molecule has 2 N–H and O–H groups in total. The lowest BCUT2D eigenvalue weighted by Crippen LogP contribution is -2.18. The molecule has 0 aliphatic carbocycles. The average molecular weight is 482 g/mol. The van der Waals surface area contributed by atoms with Crippen molar-refractivity contribution in [3.8, 4) is 11.1 Å². The van der Waals surface area contributed by atoms with Crippen molar-refractivity contribution in [2.75, 3.05) is 0 Å². The molecular formula is C21H15F5N4O2S. The third-order valence-electron chi connectivity index (χ3n) is 5.05. The van der Waals surface area contributed by atoms with E-state index in [2.05, 4.69) is 9.97 Å². The van der Waals surface area contributed by atoms with E-state index in [4.69, 9.17) is 5.14 Å². The Balaban J connectivity index is 2.02. The number of fused-ring (bicyclic) bond motifs is 1. The summed E-state index contributed by atoms with van der Waals surface area (Å²) in [5.74, 6) is -4.10. The molecule has 0 bridgehead atoms. The number of nitrogens with zero attached hydrogens (tertiary/aromatic N) is 3. The van der Waals surface area contributed by atoms with Gasteiger partial charge in [-0.1, -0.05) is 30.3 Å². The van der Waals surface area contributed by atoms with Crippen molar-refractivity contribution >= 4 is 21.1 Å². The highest BCUT2D eigenvalue weighted by molar-refractivity contribution is 7.89. The van der Waals surface area contributed by atoms with Crippen LogP contribution in [0.4, 0.5) is 22.0 Å². The first-order chi connectivity index (χ1) is 15.4. The van der Waals surface area contributed by atoms with Gasteiger partial charge in [0.25, 0.3) is 0 Å². The zero-order valence-corrected chi connectivity index (χ0v) is 17.7. The molecule has 6 nitrogen and oxygen atoms in total. The fourth-order valence-corrected chi connectivity index (χ4v) is 4.13. The summed E-state index contributed by atoms with van der Waals surface area (Å²) in [5.41, 5.74) is 0.324. The molecule has 2 aromatic carbocycles. The van der Waals surface area contributed by atoms with E-state index < -0.39 is 50.7 Å². The van der Waals surface area contributed by atoms with Crippen LogP contribution in [0.3, 0.4) is 0 Å². The fraction of sp³-hybridized carbons (Fsp3) is 0.143. The van der Waals surface area contributed by atoms with Gasteiger partial charge in [0.15, 0.2) is 0 Å². The first-order valence-electron chi connectivity index (χ1n) is 9.37. The van der Waals surface area contributed by atoms with Crippen LogP contribution in [0.1, 0.15) is 17.1 Å². The maximum atomic E-state index is 14.7. The van der Waals surface area contributed by atoms with Crippen molar-refractivity contribution in [3.63, 3.8) is 0 Å². The molecule has 0 spiro atoms. The molecular weight excluding hydrogens is 467 g/mol. The van der Waals surface area contributed by atoms with Gasteiger partial charge in [0.05, 0.1) is 23.2 Å². The number of hydrogen-bond donors (Lipinski definition) is 1. The molecule has 4 aromatic rings. The highest BCUT2D eigenvalue weighted by atomic mass is 32.2. The van der Waals surface area contributed by atoms with E-state index >= 15 is 0 Å². The topological polar surface area (TPSA) is 90.9 Å². The van der Waals surface area contributed by atoms with Crippen LogP contribution in [0, 0.1) is 18.6 Å². The van der Waals surface area contributed by atoms with Gasteiger partial charge >= 0.3 is 6.18 Å². The summed E-state index contributed by atoms with van der Waals surface area (Å²) < 4.78 is 94.5. The minimum Gasteiger partial charge on any atom is -0.315 e. The van der Waals surface area contributed by atoms with Crippen molar-refractivity contribution in [1.29, 1.82) is 0 Å². The van der Waals surface area contributed by atoms with Crippen molar-refractivity contribution < 1.29 is 30.4 Å². The van der Waals surface area contributed by atoms with Gasteiger partial charge in [-0.25, -0.2) is 27.3 Å². The van der Waals surface area contributed by atoms with Gasteiger partial charge in [-0.3, -0.25) is 4.98 Å². The quantitative estimate of drug-likeness (QED) is 0.437. The Hall–Kier alpha value is -3.38. The maximum absolute atomic E-state index is 14.7. The van der Waals surface area contributed by atoms with Gasteiger partial charge in [0.1, 0.15) is 17.2 Å². The molecule has 12 heteroatoms. The van der Waals surface area contributed by atoms with E-state index in [0.717, 1.165) is 6.20 Å². The number of alkyl halides is 3. The van der Waals surface area contributed by atoms with Crippen LogP contribution < -0.4 is 5.14 Å². The van der Waals surface area contributed by atoms with E-state index in [1.54, 1.807) is 37.3 Å². The number of sulfonamides is 1.